The van der Waals surface area contributed by atoms with Crippen LogP contribution >= 0.6 is 0 Å². The first-order chi connectivity index (χ1) is 17.6. The molecule has 0 bridgehead atoms. The fourth-order valence-corrected chi connectivity index (χ4v) is 3.65. The number of aliphatic hydroxyl groups excluding tert-OH is 1. The largest absolute Gasteiger partial charge is 0.463 e. The van der Waals surface area contributed by atoms with Crippen LogP contribution in [-0.2, 0) is 30.3 Å². The molecule has 0 radical (unpaired) electrons. The molecule has 0 heterocycles. The van der Waals surface area contributed by atoms with Gasteiger partial charge in [0, 0.05) is 13.0 Å². The first-order valence-electron chi connectivity index (χ1n) is 12.8. The summed E-state index contributed by atoms with van der Waals surface area (Å²) in [5, 5.41) is 14.4. The number of hydrogen-bond acceptors (Lipinski definition) is 6. The van der Waals surface area contributed by atoms with Crippen molar-refractivity contribution < 1.29 is 29.0 Å². The van der Waals surface area contributed by atoms with Gasteiger partial charge >= 0.3 is 5.97 Å². The molecule has 0 spiro atoms. The normalized spacial score (nSPS) is 13.6. The van der Waals surface area contributed by atoms with Crippen molar-refractivity contribution in [3.63, 3.8) is 0 Å². The predicted molar refractivity (Wildman–Crippen MR) is 145 cm³/mol. The topological polar surface area (TPSA) is 114 Å². The number of carbonyl (C=O) groups is 3. The number of esters is 1. The van der Waals surface area contributed by atoms with Gasteiger partial charge in [0.2, 0.25) is 11.8 Å². The summed E-state index contributed by atoms with van der Waals surface area (Å²) in [6, 6.07) is 9.29. The van der Waals surface area contributed by atoms with Crippen LogP contribution in [0.15, 0.2) is 55.6 Å². The molecule has 3 atom stereocenters. The highest BCUT2D eigenvalue weighted by Crippen LogP contribution is 2.22. The van der Waals surface area contributed by atoms with Gasteiger partial charge in [-0.15, -0.1) is 13.2 Å². The Morgan fingerprint density at radius 2 is 1.68 bits per heavy atom. The van der Waals surface area contributed by atoms with E-state index < -0.39 is 17.4 Å². The minimum Gasteiger partial charge on any atom is -0.463 e. The lowest BCUT2D eigenvalue weighted by Gasteiger charge is -2.32. The van der Waals surface area contributed by atoms with Crippen LogP contribution in [0.1, 0.15) is 45.6 Å². The van der Waals surface area contributed by atoms with Gasteiger partial charge < -0.3 is 25.2 Å². The fourth-order valence-electron chi connectivity index (χ4n) is 3.65. The molecule has 0 saturated carbocycles. The molecule has 1 aromatic carbocycles. The molecule has 1 rings (SSSR count). The lowest BCUT2D eigenvalue weighted by Crippen LogP contribution is -2.49. The third kappa shape index (κ3) is 13.2. The summed E-state index contributed by atoms with van der Waals surface area (Å²) in [5.41, 5.74) is 0.645. The molecule has 37 heavy (non-hydrogen) atoms. The van der Waals surface area contributed by atoms with E-state index in [1.165, 1.54) is 0 Å². The van der Waals surface area contributed by atoms with Gasteiger partial charge in [-0.25, -0.2) is 0 Å². The van der Waals surface area contributed by atoms with E-state index in [0.29, 0.717) is 19.3 Å². The van der Waals surface area contributed by atoms with E-state index in [-0.39, 0.29) is 63.1 Å². The summed E-state index contributed by atoms with van der Waals surface area (Å²) in [6.45, 7) is 14.1. The Hall–Kier alpha value is -2.97. The maximum absolute atomic E-state index is 13.1. The minimum atomic E-state index is -0.608. The van der Waals surface area contributed by atoms with Crippen molar-refractivity contribution >= 4 is 17.8 Å². The third-order valence-corrected chi connectivity index (χ3v) is 5.92. The van der Waals surface area contributed by atoms with Gasteiger partial charge in [-0.1, -0.05) is 63.3 Å². The predicted octanol–water partition coefficient (Wildman–Crippen LogP) is 3.20. The van der Waals surface area contributed by atoms with Crippen molar-refractivity contribution in [2.45, 2.75) is 52.5 Å². The Bertz CT molecular complexity index is 850. The van der Waals surface area contributed by atoms with E-state index in [0.717, 1.165) is 5.56 Å². The van der Waals surface area contributed by atoms with Crippen molar-refractivity contribution in [1.82, 2.24) is 10.6 Å². The van der Waals surface area contributed by atoms with Gasteiger partial charge in [-0.05, 0) is 30.2 Å². The Kier molecular flexibility index (Phi) is 15.1. The molecule has 0 fully saturated rings. The summed E-state index contributed by atoms with van der Waals surface area (Å²) in [5.74, 6) is -1.88. The number of rotatable bonds is 18. The fraction of sp³-hybridized carbons (Fsp3) is 0.552. The number of hydrogen-bond donors (Lipinski definition) is 3. The van der Waals surface area contributed by atoms with Crippen LogP contribution in [0.25, 0.3) is 0 Å². The average Bonchev–Trinajstić information content (AvgIpc) is 2.85. The zero-order valence-electron chi connectivity index (χ0n) is 22.5. The quantitative estimate of drug-likeness (QED) is 0.157. The summed E-state index contributed by atoms with van der Waals surface area (Å²) < 4.78 is 10.8. The zero-order chi connectivity index (χ0) is 27.7. The van der Waals surface area contributed by atoms with Crippen LogP contribution in [0.2, 0.25) is 0 Å². The van der Waals surface area contributed by atoms with Gasteiger partial charge in [0.25, 0.3) is 0 Å². The maximum Gasteiger partial charge on any atom is 0.309 e. The van der Waals surface area contributed by atoms with E-state index in [9.17, 15) is 14.4 Å². The number of carbonyl (C=O) groups excluding carboxylic acids is 3. The molecule has 2 amide bonds. The van der Waals surface area contributed by atoms with E-state index in [1.807, 2.05) is 51.1 Å². The Labute approximate surface area is 221 Å². The maximum atomic E-state index is 13.1. The smallest absolute Gasteiger partial charge is 0.309 e. The number of benzene rings is 1. The molecule has 0 aliphatic carbocycles. The number of aliphatic hydroxyl groups is 1. The first kappa shape index (κ1) is 32.1. The third-order valence-electron chi connectivity index (χ3n) is 5.92. The molecular formula is C29H44N2O6. The molecule has 3 N–H and O–H groups in total. The number of amides is 2. The highest BCUT2D eigenvalue weighted by Gasteiger charge is 2.31. The molecule has 0 aliphatic heterocycles. The van der Waals surface area contributed by atoms with Crippen molar-refractivity contribution in [3.05, 3.63) is 61.2 Å². The molecule has 0 saturated heterocycles. The van der Waals surface area contributed by atoms with E-state index in [4.69, 9.17) is 14.6 Å². The van der Waals surface area contributed by atoms with Crippen LogP contribution < -0.4 is 10.6 Å². The molecule has 1 aromatic rings. The molecule has 0 unspecified atom stereocenters. The second kappa shape index (κ2) is 17.5. The highest BCUT2D eigenvalue weighted by atomic mass is 16.5. The SMILES string of the molecule is C=CC[C@H](CC(=O)NCCOCCO)C(=O)N[C@H](COC(=O)[C@@H](CC=C)Cc1ccccc1)C(C)(C)C. The molecular weight excluding hydrogens is 472 g/mol. The number of nitrogens with one attached hydrogen (secondary N) is 2. The zero-order valence-corrected chi connectivity index (χ0v) is 22.5. The van der Waals surface area contributed by atoms with Crippen molar-refractivity contribution in [1.29, 1.82) is 0 Å². The van der Waals surface area contributed by atoms with Crippen LogP contribution in [0.3, 0.4) is 0 Å². The van der Waals surface area contributed by atoms with Crippen molar-refractivity contribution in [2.75, 3.05) is 33.0 Å². The van der Waals surface area contributed by atoms with Crippen molar-refractivity contribution in [3.8, 4) is 0 Å². The first-order valence-corrected chi connectivity index (χ1v) is 12.8. The summed E-state index contributed by atoms with van der Waals surface area (Å²) in [6.07, 6.45) is 4.67. The van der Waals surface area contributed by atoms with Crippen LogP contribution in [0, 0.1) is 17.3 Å². The minimum absolute atomic E-state index is 0.00696. The Morgan fingerprint density at radius 1 is 1.03 bits per heavy atom. The monoisotopic (exact) mass is 516 g/mol. The van der Waals surface area contributed by atoms with Gasteiger partial charge in [0.05, 0.1) is 37.7 Å². The van der Waals surface area contributed by atoms with E-state index >= 15 is 0 Å². The summed E-state index contributed by atoms with van der Waals surface area (Å²) in [7, 11) is 0. The summed E-state index contributed by atoms with van der Waals surface area (Å²) in [4.78, 5) is 38.4. The highest BCUT2D eigenvalue weighted by molar-refractivity contribution is 5.86. The number of allylic oxidation sites excluding steroid dienone is 2. The molecule has 8 nitrogen and oxygen atoms in total. The van der Waals surface area contributed by atoms with Crippen LogP contribution in [-0.4, -0.2) is 61.9 Å². The summed E-state index contributed by atoms with van der Waals surface area (Å²) >= 11 is 0. The van der Waals surface area contributed by atoms with E-state index in [1.54, 1.807) is 12.2 Å². The van der Waals surface area contributed by atoms with Crippen molar-refractivity contribution in [2.24, 2.45) is 17.3 Å². The second-order valence-electron chi connectivity index (χ2n) is 10.1. The molecule has 0 aliphatic rings. The van der Waals surface area contributed by atoms with Crippen LogP contribution in [0.5, 0.6) is 0 Å². The molecule has 8 heteroatoms. The standard InChI is InChI=1S/C29H44N2O6/c1-6-11-23(20-26(33)30-15-17-36-18-16-32)27(34)31-25(29(3,4)5)21-37-28(35)24(12-7-2)19-22-13-9-8-10-14-22/h6-10,13-14,23-25,32H,1-2,11-12,15-21H2,3-5H3,(H,30,33)(H,31,34)/t23-,24+,25-/m1/s1. The van der Waals surface area contributed by atoms with Gasteiger partial charge in [-0.2, -0.15) is 0 Å². The second-order valence-corrected chi connectivity index (χ2v) is 10.1. The van der Waals surface area contributed by atoms with Gasteiger partial charge in [0.15, 0.2) is 0 Å². The lowest BCUT2D eigenvalue weighted by molar-refractivity contribution is -0.150. The van der Waals surface area contributed by atoms with Gasteiger partial charge in [-0.3, -0.25) is 14.4 Å². The molecule has 206 valence electrons. The Morgan fingerprint density at radius 3 is 2.27 bits per heavy atom. The number of ether oxygens (including phenoxy) is 2. The van der Waals surface area contributed by atoms with Gasteiger partial charge in [0.1, 0.15) is 6.61 Å². The average molecular weight is 517 g/mol. The lowest BCUT2D eigenvalue weighted by atomic mass is 9.86. The molecule has 0 aromatic heterocycles. The van der Waals surface area contributed by atoms with Crippen LogP contribution in [0.4, 0.5) is 0 Å². The Balaban J connectivity index is 2.75. The van der Waals surface area contributed by atoms with E-state index in [2.05, 4.69) is 23.8 Å².